The van der Waals surface area contributed by atoms with E-state index in [1.807, 2.05) is 38.8 Å². The normalized spacial score (nSPS) is 10.7. The fourth-order valence-electron chi connectivity index (χ4n) is 1.58. The van der Waals surface area contributed by atoms with Crippen LogP contribution in [0.15, 0.2) is 36.9 Å². The number of hydrogen-bond acceptors (Lipinski definition) is 3. The molecule has 16 heavy (non-hydrogen) atoms. The maximum Gasteiger partial charge on any atom is 0.0347 e. The van der Waals surface area contributed by atoms with Crippen LogP contribution in [0.25, 0.3) is 11.1 Å². The van der Waals surface area contributed by atoms with Crippen LogP contribution in [0.5, 0.6) is 0 Å². The topological polar surface area (TPSA) is 29.0 Å². The molecular weight excluding hydrogens is 198 g/mol. The van der Waals surface area contributed by atoms with Crippen LogP contribution in [-0.2, 0) is 6.54 Å². The molecule has 2 aromatic rings. The van der Waals surface area contributed by atoms with Gasteiger partial charge in [-0.15, -0.1) is 0 Å². The summed E-state index contributed by atoms with van der Waals surface area (Å²) in [5.41, 5.74) is 3.34. The second-order valence-corrected chi connectivity index (χ2v) is 3.99. The van der Waals surface area contributed by atoms with Gasteiger partial charge in [-0.3, -0.25) is 9.97 Å². The monoisotopic (exact) mass is 212 g/mol. The quantitative estimate of drug-likeness (QED) is 0.779. The molecule has 0 N–H and O–H groups in total. The van der Waals surface area contributed by atoms with Gasteiger partial charge in [-0.25, -0.2) is 0 Å². The highest BCUT2D eigenvalue weighted by molar-refractivity contribution is 5.61. The van der Waals surface area contributed by atoms with Crippen molar-refractivity contribution in [3.63, 3.8) is 0 Å². The van der Waals surface area contributed by atoms with Gasteiger partial charge in [0.2, 0.25) is 0 Å². The van der Waals surface area contributed by atoms with Crippen molar-refractivity contribution in [2.75, 3.05) is 14.1 Å². The van der Waals surface area contributed by atoms with Gasteiger partial charge in [0.1, 0.15) is 0 Å². The Morgan fingerprint density at radius 1 is 1.12 bits per heavy atom. The summed E-state index contributed by atoms with van der Waals surface area (Å²) >= 11 is 0. The Kier molecular flexibility index (Phi) is 3.27. The van der Waals surface area contributed by atoms with Crippen molar-refractivity contribution in [2.24, 2.45) is 0 Å². The van der Waals surface area contributed by atoms with E-state index in [4.69, 9.17) is 0 Å². The molecular formula is C13H14N3. The maximum absolute atomic E-state index is 4.25. The molecule has 0 aliphatic rings. The molecule has 0 fully saturated rings. The minimum Gasteiger partial charge on any atom is -0.305 e. The largest absolute Gasteiger partial charge is 0.305 e. The van der Waals surface area contributed by atoms with Gasteiger partial charge in [0, 0.05) is 48.5 Å². The maximum atomic E-state index is 4.25. The summed E-state index contributed by atoms with van der Waals surface area (Å²) in [5.74, 6) is 0. The average molecular weight is 212 g/mol. The third-order valence-electron chi connectivity index (χ3n) is 2.23. The lowest BCUT2D eigenvalue weighted by molar-refractivity contribution is 0.402. The molecule has 0 spiro atoms. The molecule has 0 bridgehead atoms. The number of hydrogen-bond donors (Lipinski definition) is 0. The molecule has 0 aliphatic heterocycles. The first-order valence-corrected chi connectivity index (χ1v) is 5.16. The Balaban J connectivity index is 2.29. The van der Waals surface area contributed by atoms with Crippen LogP contribution < -0.4 is 0 Å². The van der Waals surface area contributed by atoms with Crippen LogP contribution >= 0.6 is 0 Å². The Morgan fingerprint density at radius 2 is 1.94 bits per heavy atom. The number of aromatic nitrogens is 2. The molecule has 0 atom stereocenters. The van der Waals surface area contributed by atoms with Crippen molar-refractivity contribution in [3.05, 3.63) is 48.5 Å². The van der Waals surface area contributed by atoms with E-state index in [1.165, 1.54) is 5.56 Å². The minimum absolute atomic E-state index is 0.894. The van der Waals surface area contributed by atoms with Crippen LogP contribution in [0.4, 0.5) is 0 Å². The van der Waals surface area contributed by atoms with Crippen LogP contribution in [0.2, 0.25) is 0 Å². The Hall–Kier alpha value is -1.74. The number of rotatable bonds is 3. The summed E-state index contributed by atoms with van der Waals surface area (Å²) < 4.78 is 0. The zero-order valence-electron chi connectivity index (χ0n) is 9.51. The van der Waals surface area contributed by atoms with Crippen LogP contribution in [-0.4, -0.2) is 29.0 Å². The molecule has 0 saturated heterocycles. The summed E-state index contributed by atoms with van der Waals surface area (Å²) in [5, 5.41) is 0. The fourth-order valence-corrected chi connectivity index (χ4v) is 1.58. The first-order chi connectivity index (χ1) is 7.75. The SMILES string of the molecule is CN(C)Cc1cncc(-c2c[c]cnc2)c1. The molecule has 81 valence electrons. The second kappa shape index (κ2) is 4.86. The lowest BCUT2D eigenvalue weighted by Crippen LogP contribution is -2.10. The van der Waals surface area contributed by atoms with Gasteiger partial charge in [0.25, 0.3) is 0 Å². The van der Waals surface area contributed by atoms with Crippen molar-refractivity contribution in [1.29, 1.82) is 0 Å². The van der Waals surface area contributed by atoms with Gasteiger partial charge in [0.05, 0.1) is 0 Å². The lowest BCUT2D eigenvalue weighted by atomic mass is 10.1. The van der Waals surface area contributed by atoms with E-state index >= 15 is 0 Å². The van der Waals surface area contributed by atoms with Gasteiger partial charge in [0.15, 0.2) is 0 Å². The zero-order chi connectivity index (χ0) is 11.4. The molecule has 0 aromatic carbocycles. The van der Waals surface area contributed by atoms with Gasteiger partial charge in [-0.1, -0.05) is 0 Å². The summed E-state index contributed by atoms with van der Waals surface area (Å²) in [6.07, 6.45) is 7.22. The highest BCUT2D eigenvalue weighted by Crippen LogP contribution is 2.17. The number of nitrogens with zero attached hydrogens (tertiary/aromatic N) is 3. The van der Waals surface area contributed by atoms with E-state index in [9.17, 15) is 0 Å². The molecule has 2 rings (SSSR count). The van der Waals surface area contributed by atoms with E-state index < -0.39 is 0 Å². The van der Waals surface area contributed by atoms with Crippen molar-refractivity contribution in [1.82, 2.24) is 14.9 Å². The van der Waals surface area contributed by atoms with Crippen LogP contribution in [0.1, 0.15) is 5.56 Å². The summed E-state index contributed by atoms with van der Waals surface area (Å²) in [6, 6.07) is 7.03. The highest BCUT2D eigenvalue weighted by Gasteiger charge is 2.00. The second-order valence-electron chi connectivity index (χ2n) is 3.99. The Bertz CT molecular complexity index is 452. The third kappa shape index (κ3) is 2.64. The smallest absolute Gasteiger partial charge is 0.0347 e. The van der Waals surface area contributed by atoms with Gasteiger partial charge in [-0.2, -0.15) is 0 Å². The average Bonchev–Trinajstić information content (AvgIpc) is 2.30. The van der Waals surface area contributed by atoms with Gasteiger partial charge in [-0.05, 0) is 31.8 Å². The predicted molar refractivity (Wildman–Crippen MR) is 63.7 cm³/mol. The summed E-state index contributed by atoms with van der Waals surface area (Å²) in [7, 11) is 4.09. The first-order valence-electron chi connectivity index (χ1n) is 5.16. The van der Waals surface area contributed by atoms with Crippen molar-refractivity contribution < 1.29 is 0 Å². The van der Waals surface area contributed by atoms with E-state index in [0.29, 0.717) is 0 Å². The molecule has 0 aliphatic carbocycles. The molecule has 1 radical (unpaired) electrons. The van der Waals surface area contributed by atoms with Crippen molar-refractivity contribution in [2.45, 2.75) is 6.54 Å². The molecule has 0 unspecified atom stereocenters. The predicted octanol–water partition coefficient (Wildman–Crippen LogP) is 2.01. The molecule has 3 nitrogen and oxygen atoms in total. The lowest BCUT2D eigenvalue weighted by Gasteiger charge is -2.10. The van der Waals surface area contributed by atoms with E-state index in [2.05, 4.69) is 27.0 Å². The van der Waals surface area contributed by atoms with Crippen molar-refractivity contribution in [3.8, 4) is 11.1 Å². The summed E-state index contributed by atoms with van der Waals surface area (Å²) in [4.78, 5) is 10.4. The third-order valence-corrected chi connectivity index (χ3v) is 2.23. The minimum atomic E-state index is 0.894. The summed E-state index contributed by atoms with van der Waals surface area (Å²) in [6.45, 7) is 0.894. The van der Waals surface area contributed by atoms with Crippen LogP contribution in [0, 0.1) is 6.07 Å². The zero-order valence-corrected chi connectivity index (χ0v) is 9.51. The van der Waals surface area contributed by atoms with Crippen LogP contribution in [0.3, 0.4) is 0 Å². The first kappa shape index (κ1) is 10.8. The van der Waals surface area contributed by atoms with E-state index in [-0.39, 0.29) is 0 Å². The fraction of sp³-hybridized carbons (Fsp3) is 0.231. The standard InChI is InChI=1S/C13H14N3/c1-16(2)10-11-6-13(9-15-7-11)12-4-3-5-14-8-12/h4-9H,10H2,1-2H3. The molecule has 3 heteroatoms. The van der Waals surface area contributed by atoms with E-state index in [1.54, 1.807) is 6.20 Å². The molecule has 0 saturated carbocycles. The Labute approximate surface area is 95.8 Å². The molecule has 2 aromatic heterocycles. The van der Waals surface area contributed by atoms with Gasteiger partial charge >= 0.3 is 0 Å². The highest BCUT2D eigenvalue weighted by atomic mass is 15.0. The van der Waals surface area contributed by atoms with Gasteiger partial charge < -0.3 is 4.90 Å². The molecule has 0 amide bonds. The van der Waals surface area contributed by atoms with E-state index in [0.717, 1.165) is 17.7 Å². The molecule has 2 heterocycles. The Morgan fingerprint density at radius 3 is 2.62 bits per heavy atom. The van der Waals surface area contributed by atoms with Crippen molar-refractivity contribution >= 4 is 0 Å². The number of pyridine rings is 2.